The van der Waals surface area contributed by atoms with E-state index in [9.17, 15) is 0 Å². The summed E-state index contributed by atoms with van der Waals surface area (Å²) in [5.74, 6) is 0.905. The Morgan fingerprint density at radius 1 is 1.19 bits per heavy atom. The predicted molar refractivity (Wildman–Crippen MR) is 70.4 cm³/mol. The van der Waals surface area contributed by atoms with Crippen molar-refractivity contribution in [3.8, 4) is 5.75 Å². The number of hydrogen-bond acceptors (Lipinski definition) is 1. The molecule has 1 rings (SSSR count). The third kappa shape index (κ3) is 4.05. The third-order valence-corrected chi connectivity index (χ3v) is 3.66. The van der Waals surface area contributed by atoms with Crippen LogP contribution in [0.3, 0.4) is 0 Å². The van der Waals surface area contributed by atoms with Crippen LogP contribution in [0.2, 0.25) is 0 Å². The fraction of sp³-hybridized carbons (Fsp3) is 0.571. The number of aryl methyl sites for hydroxylation is 1. The number of halogens is 1. The van der Waals surface area contributed by atoms with Crippen molar-refractivity contribution in [2.24, 2.45) is 5.41 Å². The Balaban J connectivity index is 2.48. The number of alkyl halides is 1. The first-order chi connectivity index (χ1) is 7.43. The maximum Gasteiger partial charge on any atom is 0.118 e. The van der Waals surface area contributed by atoms with E-state index in [0.29, 0.717) is 0 Å². The lowest BCUT2D eigenvalue weighted by Gasteiger charge is -2.25. The largest absolute Gasteiger partial charge is 0.497 e. The van der Waals surface area contributed by atoms with Crippen molar-refractivity contribution in [3.63, 3.8) is 0 Å². The second-order valence-electron chi connectivity index (χ2n) is 5.22. The molecule has 1 atom stereocenters. The van der Waals surface area contributed by atoms with E-state index in [1.165, 1.54) is 5.56 Å². The molecule has 0 aliphatic heterocycles. The number of methoxy groups -OCH3 is 1. The summed E-state index contributed by atoms with van der Waals surface area (Å²) in [6.07, 6.45) is 2.03. The van der Waals surface area contributed by atoms with E-state index in [1.807, 2.05) is 12.1 Å². The van der Waals surface area contributed by atoms with Gasteiger partial charge in [-0.3, -0.25) is 0 Å². The smallest absolute Gasteiger partial charge is 0.118 e. The molecule has 0 radical (unpaired) electrons. The van der Waals surface area contributed by atoms with Gasteiger partial charge in [-0.1, -0.05) is 32.9 Å². The van der Waals surface area contributed by atoms with Gasteiger partial charge in [-0.2, -0.15) is 0 Å². The van der Waals surface area contributed by atoms with Gasteiger partial charge in [0.25, 0.3) is 0 Å². The number of ether oxygens (including phenoxy) is 1. The molecule has 1 aromatic carbocycles. The van der Waals surface area contributed by atoms with Crippen LogP contribution >= 0.6 is 11.6 Å². The van der Waals surface area contributed by atoms with Crippen molar-refractivity contribution in [1.82, 2.24) is 0 Å². The quantitative estimate of drug-likeness (QED) is 0.714. The van der Waals surface area contributed by atoms with E-state index in [4.69, 9.17) is 16.3 Å². The monoisotopic (exact) mass is 240 g/mol. The van der Waals surface area contributed by atoms with Gasteiger partial charge in [0.1, 0.15) is 5.75 Å². The lowest BCUT2D eigenvalue weighted by molar-refractivity contribution is 0.374. The van der Waals surface area contributed by atoms with Gasteiger partial charge in [-0.15, -0.1) is 11.6 Å². The molecule has 0 N–H and O–H groups in total. The van der Waals surface area contributed by atoms with Gasteiger partial charge in [0.2, 0.25) is 0 Å². The molecule has 0 saturated heterocycles. The molecule has 0 heterocycles. The van der Waals surface area contributed by atoms with Crippen LogP contribution in [0, 0.1) is 5.41 Å². The van der Waals surface area contributed by atoms with Crippen molar-refractivity contribution in [2.45, 2.75) is 39.0 Å². The second-order valence-corrected chi connectivity index (χ2v) is 5.75. The summed E-state index contributed by atoms with van der Waals surface area (Å²) in [4.78, 5) is 0. The summed E-state index contributed by atoms with van der Waals surface area (Å²) in [6.45, 7) is 6.54. The third-order valence-electron chi connectivity index (χ3n) is 2.79. The molecule has 0 aromatic heterocycles. The van der Waals surface area contributed by atoms with Gasteiger partial charge in [-0.05, 0) is 36.0 Å². The minimum absolute atomic E-state index is 0.175. The topological polar surface area (TPSA) is 9.23 Å². The summed E-state index contributed by atoms with van der Waals surface area (Å²) in [7, 11) is 1.68. The highest BCUT2D eigenvalue weighted by molar-refractivity contribution is 6.21. The van der Waals surface area contributed by atoms with Crippen LogP contribution in [0.25, 0.3) is 0 Å². The fourth-order valence-corrected chi connectivity index (χ4v) is 1.63. The Morgan fingerprint density at radius 2 is 1.75 bits per heavy atom. The van der Waals surface area contributed by atoms with Crippen LogP contribution in [0.4, 0.5) is 0 Å². The standard InChI is InChI=1S/C14H21ClO/c1-14(2,3)13(15)10-7-11-5-8-12(16-4)9-6-11/h5-6,8-9,13H,7,10H2,1-4H3. The molecule has 0 fully saturated rings. The summed E-state index contributed by atoms with van der Waals surface area (Å²) in [6, 6.07) is 8.20. The van der Waals surface area contributed by atoms with Gasteiger partial charge < -0.3 is 4.74 Å². The van der Waals surface area contributed by atoms with Crippen molar-refractivity contribution in [1.29, 1.82) is 0 Å². The lowest BCUT2D eigenvalue weighted by Crippen LogP contribution is -2.21. The van der Waals surface area contributed by atoms with E-state index in [0.717, 1.165) is 18.6 Å². The average molecular weight is 241 g/mol. The van der Waals surface area contributed by atoms with Crippen molar-refractivity contribution >= 4 is 11.6 Å². The Kier molecular flexibility index (Phi) is 4.67. The van der Waals surface area contributed by atoms with Crippen LogP contribution in [0.5, 0.6) is 5.75 Å². The molecule has 90 valence electrons. The Bertz CT molecular complexity index is 311. The number of hydrogen-bond donors (Lipinski definition) is 0. The Labute approximate surface area is 104 Å². The maximum absolute atomic E-state index is 6.34. The molecule has 0 saturated carbocycles. The first-order valence-electron chi connectivity index (χ1n) is 5.70. The van der Waals surface area contributed by atoms with Crippen LogP contribution in [0.1, 0.15) is 32.8 Å². The van der Waals surface area contributed by atoms with Gasteiger partial charge >= 0.3 is 0 Å². The molecule has 16 heavy (non-hydrogen) atoms. The highest BCUT2D eigenvalue weighted by Crippen LogP contribution is 2.28. The van der Waals surface area contributed by atoms with E-state index in [2.05, 4.69) is 32.9 Å². The summed E-state index contributed by atoms with van der Waals surface area (Å²) in [5.41, 5.74) is 1.49. The Morgan fingerprint density at radius 3 is 2.19 bits per heavy atom. The minimum atomic E-state index is 0.175. The van der Waals surface area contributed by atoms with Crippen LogP contribution in [-0.4, -0.2) is 12.5 Å². The zero-order valence-corrected chi connectivity index (χ0v) is 11.3. The molecule has 0 aliphatic carbocycles. The molecule has 0 aliphatic rings. The molecule has 1 aromatic rings. The first-order valence-corrected chi connectivity index (χ1v) is 6.14. The van der Waals surface area contributed by atoms with Gasteiger partial charge in [0.15, 0.2) is 0 Å². The number of benzene rings is 1. The van der Waals surface area contributed by atoms with Gasteiger partial charge in [0.05, 0.1) is 7.11 Å². The first kappa shape index (κ1) is 13.4. The molecule has 0 spiro atoms. The molecular weight excluding hydrogens is 220 g/mol. The van der Waals surface area contributed by atoms with E-state index >= 15 is 0 Å². The van der Waals surface area contributed by atoms with E-state index < -0.39 is 0 Å². The highest BCUT2D eigenvalue weighted by Gasteiger charge is 2.21. The fourth-order valence-electron chi connectivity index (χ4n) is 1.52. The number of rotatable bonds is 4. The molecular formula is C14H21ClO. The zero-order chi connectivity index (χ0) is 12.2. The van der Waals surface area contributed by atoms with Crippen molar-refractivity contribution in [2.75, 3.05) is 7.11 Å². The summed E-state index contributed by atoms with van der Waals surface area (Å²) >= 11 is 6.34. The van der Waals surface area contributed by atoms with Crippen LogP contribution in [-0.2, 0) is 6.42 Å². The van der Waals surface area contributed by atoms with Crippen LogP contribution in [0.15, 0.2) is 24.3 Å². The Hall–Kier alpha value is -0.690. The van der Waals surface area contributed by atoms with Crippen molar-refractivity contribution in [3.05, 3.63) is 29.8 Å². The second kappa shape index (κ2) is 5.58. The summed E-state index contributed by atoms with van der Waals surface area (Å²) < 4.78 is 5.12. The highest BCUT2D eigenvalue weighted by atomic mass is 35.5. The van der Waals surface area contributed by atoms with Crippen LogP contribution < -0.4 is 4.74 Å². The molecule has 1 nitrogen and oxygen atoms in total. The predicted octanol–water partition coefficient (Wildman–Crippen LogP) is 4.28. The maximum atomic E-state index is 6.34. The normalized spacial score (nSPS) is 13.6. The SMILES string of the molecule is COc1ccc(CCC(Cl)C(C)(C)C)cc1. The molecule has 0 bridgehead atoms. The molecule has 1 unspecified atom stereocenters. The van der Waals surface area contributed by atoms with Gasteiger partial charge in [-0.25, -0.2) is 0 Å². The lowest BCUT2D eigenvalue weighted by atomic mass is 9.88. The van der Waals surface area contributed by atoms with E-state index in [1.54, 1.807) is 7.11 Å². The zero-order valence-electron chi connectivity index (χ0n) is 10.6. The minimum Gasteiger partial charge on any atom is -0.497 e. The van der Waals surface area contributed by atoms with E-state index in [-0.39, 0.29) is 10.8 Å². The van der Waals surface area contributed by atoms with Crippen molar-refractivity contribution < 1.29 is 4.74 Å². The van der Waals surface area contributed by atoms with Gasteiger partial charge in [0, 0.05) is 5.38 Å². The average Bonchev–Trinajstić information content (AvgIpc) is 2.25. The summed E-state index contributed by atoms with van der Waals surface area (Å²) in [5, 5.41) is 0.217. The molecule has 0 amide bonds. The molecule has 2 heteroatoms.